The fourth-order valence-corrected chi connectivity index (χ4v) is 1.57. The van der Waals surface area contributed by atoms with Crippen LogP contribution in [0, 0.1) is 5.82 Å². The Kier molecular flexibility index (Phi) is 5.41. The van der Waals surface area contributed by atoms with Crippen LogP contribution in [0.15, 0.2) is 18.2 Å². The number of amides is 1. The van der Waals surface area contributed by atoms with E-state index in [1.807, 2.05) is 6.92 Å². The summed E-state index contributed by atoms with van der Waals surface area (Å²) in [6.07, 6.45) is 1.79. The first-order valence-electron chi connectivity index (χ1n) is 5.45. The van der Waals surface area contributed by atoms with Gasteiger partial charge in [0.2, 0.25) is 0 Å². The van der Waals surface area contributed by atoms with Gasteiger partial charge in [-0.15, -0.1) is 0 Å². The fourth-order valence-electron chi connectivity index (χ4n) is 1.34. The lowest BCUT2D eigenvalue weighted by atomic mass is 10.2. The molecule has 0 radical (unpaired) electrons. The number of rotatable bonds is 5. The first kappa shape index (κ1) is 14.0. The van der Waals surface area contributed by atoms with Gasteiger partial charge < -0.3 is 10.4 Å². The Morgan fingerprint density at radius 2 is 2.29 bits per heavy atom. The molecular weight excluding hydrogens is 289 g/mol. The van der Waals surface area contributed by atoms with E-state index in [9.17, 15) is 14.3 Å². The van der Waals surface area contributed by atoms with E-state index in [4.69, 9.17) is 0 Å². The van der Waals surface area contributed by atoms with Gasteiger partial charge in [-0.2, -0.15) is 0 Å². The van der Waals surface area contributed by atoms with Crippen molar-refractivity contribution in [2.45, 2.75) is 24.6 Å². The third-order valence-corrected chi connectivity index (χ3v) is 3.50. The average Bonchev–Trinajstić information content (AvgIpc) is 2.28. The fraction of sp³-hybridized carbons (Fsp3) is 0.417. The van der Waals surface area contributed by atoms with Crippen LogP contribution in [0.5, 0.6) is 5.75 Å². The second-order valence-corrected chi connectivity index (χ2v) is 5.01. The van der Waals surface area contributed by atoms with Gasteiger partial charge in [-0.05, 0) is 25.0 Å². The van der Waals surface area contributed by atoms with E-state index in [1.165, 1.54) is 6.07 Å². The number of aromatic hydroxyl groups is 1. The molecule has 5 heteroatoms. The van der Waals surface area contributed by atoms with Crippen LogP contribution in [-0.2, 0) is 0 Å². The summed E-state index contributed by atoms with van der Waals surface area (Å²) in [6, 6.07) is 3.34. The monoisotopic (exact) mass is 303 g/mol. The van der Waals surface area contributed by atoms with Crippen molar-refractivity contribution in [2.75, 3.05) is 6.54 Å². The number of carbonyl (C=O) groups excluding carboxylic acids is 1. The lowest BCUT2D eigenvalue weighted by Crippen LogP contribution is -2.26. The molecule has 0 aliphatic carbocycles. The molecule has 0 heterocycles. The highest BCUT2D eigenvalue weighted by Gasteiger charge is 2.11. The van der Waals surface area contributed by atoms with Gasteiger partial charge in [0.15, 0.2) is 0 Å². The molecule has 0 fully saturated rings. The third-order valence-electron chi connectivity index (χ3n) is 2.39. The van der Waals surface area contributed by atoms with Gasteiger partial charge in [-0.3, -0.25) is 4.79 Å². The largest absolute Gasteiger partial charge is 0.507 e. The maximum atomic E-state index is 12.7. The first-order valence-corrected chi connectivity index (χ1v) is 6.37. The molecule has 0 aliphatic rings. The summed E-state index contributed by atoms with van der Waals surface area (Å²) >= 11 is 3.46. The molecule has 1 rings (SSSR count). The molecule has 1 atom stereocenters. The van der Waals surface area contributed by atoms with Crippen LogP contribution in [0.25, 0.3) is 0 Å². The first-order chi connectivity index (χ1) is 8.04. The van der Waals surface area contributed by atoms with Crippen LogP contribution in [0.3, 0.4) is 0 Å². The summed E-state index contributed by atoms with van der Waals surface area (Å²) in [4.78, 5) is 12.0. The number of halogens is 2. The summed E-state index contributed by atoms with van der Waals surface area (Å²) in [7, 11) is 0. The lowest BCUT2D eigenvalue weighted by molar-refractivity contribution is 0.0950. The number of phenolic OH excluding ortho intramolecular Hbond substituents is 1. The standard InChI is InChI=1S/C12H15BrFNO2/c1-2-8(13)5-6-15-12(17)10-4-3-9(14)7-11(10)16/h3-4,7-8,16H,2,5-6H2,1H3,(H,15,17). The van der Waals surface area contributed by atoms with E-state index in [1.54, 1.807) is 0 Å². The molecule has 0 aromatic heterocycles. The van der Waals surface area contributed by atoms with Gasteiger partial charge in [0.05, 0.1) is 5.56 Å². The Labute approximate surface area is 108 Å². The van der Waals surface area contributed by atoms with E-state index in [0.717, 1.165) is 25.0 Å². The number of phenols is 1. The van der Waals surface area contributed by atoms with Crippen molar-refractivity contribution in [3.05, 3.63) is 29.6 Å². The molecule has 0 bridgehead atoms. The molecule has 94 valence electrons. The van der Waals surface area contributed by atoms with Gasteiger partial charge >= 0.3 is 0 Å². The molecule has 1 unspecified atom stereocenters. The second kappa shape index (κ2) is 6.59. The number of hydrogen-bond acceptors (Lipinski definition) is 2. The Balaban J connectivity index is 2.52. The van der Waals surface area contributed by atoms with Gasteiger partial charge in [-0.25, -0.2) is 4.39 Å². The van der Waals surface area contributed by atoms with Crippen molar-refractivity contribution in [1.29, 1.82) is 0 Å². The van der Waals surface area contributed by atoms with Crippen LogP contribution < -0.4 is 5.32 Å². The molecule has 0 saturated heterocycles. The molecule has 2 N–H and O–H groups in total. The van der Waals surface area contributed by atoms with Crippen LogP contribution in [0.2, 0.25) is 0 Å². The lowest BCUT2D eigenvalue weighted by Gasteiger charge is -2.09. The van der Waals surface area contributed by atoms with Crippen molar-refractivity contribution in [3.63, 3.8) is 0 Å². The van der Waals surface area contributed by atoms with Crippen molar-refractivity contribution in [1.82, 2.24) is 5.32 Å². The summed E-state index contributed by atoms with van der Waals surface area (Å²) < 4.78 is 12.7. The van der Waals surface area contributed by atoms with Crippen LogP contribution in [0.4, 0.5) is 4.39 Å². The van der Waals surface area contributed by atoms with E-state index >= 15 is 0 Å². The number of carbonyl (C=O) groups is 1. The summed E-state index contributed by atoms with van der Waals surface area (Å²) in [6.45, 7) is 2.56. The molecular formula is C12H15BrFNO2. The number of nitrogens with one attached hydrogen (secondary N) is 1. The summed E-state index contributed by atoms with van der Waals surface area (Å²) in [5.41, 5.74) is 0.0917. The Bertz CT molecular complexity index is 398. The average molecular weight is 304 g/mol. The quantitative estimate of drug-likeness (QED) is 0.822. The van der Waals surface area contributed by atoms with E-state index in [2.05, 4.69) is 21.2 Å². The second-order valence-electron chi connectivity index (χ2n) is 3.71. The van der Waals surface area contributed by atoms with Gasteiger partial charge in [-0.1, -0.05) is 22.9 Å². The van der Waals surface area contributed by atoms with Crippen molar-refractivity contribution in [3.8, 4) is 5.75 Å². The zero-order valence-corrected chi connectivity index (χ0v) is 11.1. The summed E-state index contributed by atoms with van der Waals surface area (Å²) in [5, 5.41) is 12.1. The third kappa shape index (κ3) is 4.34. The highest BCUT2D eigenvalue weighted by Crippen LogP contribution is 2.17. The Hall–Kier alpha value is -1.10. The molecule has 0 spiro atoms. The minimum absolute atomic E-state index is 0.0917. The van der Waals surface area contributed by atoms with Crippen LogP contribution in [0.1, 0.15) is 30.1 Å². The van der Waals surface area contributed by atoms with Gasteiger partial charge in [0.25, 0.3) is 5.91 Å². The Morgan fingerprint density at radius 3 is 2.88 bits per heavy atom. The van der Waals surface area contributed by atoms with Crippen LogP contribution >= 0.6 is 15.9 Å². The van der Waals surface area contributed by atoms with Crippen molar-refractivity contribution < 1.29 is 14.3 Å². The predicted octanol–water partition coefficient (Wildman–Crippen LogP) is 2.82. The zero-order valence-electron chi connectivity index (χ0n) is 9.54. The maximum Gasteiger partial charge on any atom is 0.255 e. The van der Waals surface area contributed by atoms with E-state index in [-0.39, 0.29) is 11.3 Å². The Morgan fingerprint density at radius 1 is 1.59 bits per heavy atom. The molecule has 1 aromatic carbocycles. The summed E-state index contributed by atoms with van der Waals surface area (Å²) in [5.74, 6) is -1.29. The molecule has 1 amide bonds. The minimum Gasteiger partial charge on any atom is -0.507 e. The normalized spacial score (nSPS) is 12.2. The maximum absolute atomic E-state index is 12.7. The smallest absolute Gasteiger partial charge is 0.255 e. The van der Waals surface area contributed by atoms with Crippen molar-refractivity contribution in [2.24, 2.45) is 0 Å². The zero-order chi connectivity index (χ0) is 12.8. The molecule has 0 saturated carbocycles. The van der Waals surface area contributed by atoms with Gasteiger partial charge in [0, 0.05) is 17.4 Å². The SMILES string of the molecule is CCC(Br)CCNC(=O)c1ccc(F)cc1O. The molecule has 3 nitrogen and oxygen atoms in total. The number of hydrogen-bond donors (Lipinski definition) is 2. The van der Waals surface area contributed by atoms with Gasteiger partial charge in [0.1, 0.15) is 11.6 Å². The topological polar surface area (TPSA) is 49.3 Å². The van der Waals surface area contributed by atoms with E-state index < -0.39 is 11.7 Å². The molecule has 1 aromatic rings. The van der Waals surface area contributed by atoms with Crippen LogP contribution in [-0.4, -0.2) is 22.4 Å². The highest BCUT2D eigenvalue weighted by atomic mass is 79.9. The molecule has 0 aliphatic heterocycles. The highest BCUT2D eigenvalue weighted by molar-refractivity contribution is 9.09. The minimum atomic E-state index is -0.564. The number of benzene rings is 1. The predicted molar refractivity (Wildman–Crippen MR) is 68.0 cm³/mol. The molecule has 17 heavy (non-hydrogen) atoms. The van der Waals surface area contributed by atoms with E-state index in [0.29, 0.717) is 11.4 Å². The van der Waals surface area contributed by atoms with Crippen molar-refractivity contribution >= 4 is 21.8 Å². The number of alkyl halides is 1.